The van der Waals surface area contributed by atoms with Gasteiger partial charge in [0.05, 0.1) is 5.52 Å². The molecule has 0 N–H and O–H groups in total. The van der Waals surface area contributed by atoms with Gasteiger partial charge in [0.2, 0.25) is 0 Å². The molecule has 0 unspecified atom stereocenters. The summed E-state index contributed by atoms with van der Waals surface area (Å²) in [5.74, 6) is 0. The van der Waals surface area contributed by atoms with E-state index < -0.39 is 0 Å². The first-order valence-electron chi connectivity index (χ1n) is 14.7. The number of rotatable bonds is 3. The molecular weight excluding hydrogens is 518 g/mol. The lowest BCUT2D eigenvalue weighted by Gasteiger charge is -2.16. The Morgan fingerprint density at radius 1 is 0.419 bits per heavy atom. The standard InChI is InChI=1S/C42H25N/c1-3-13-28(14-4-1)29-23-25-31(26-24-29)43-39-22-12-11-21-36(39)41-40-34-19-9-7-17-32(34)37(30-15-5-2-6-16-30)27-38(40)33-18-8-10-20-35(33)42(41)43/h1-11,13-21,23-27H. The van der Waals surface area contributed by atoms with Crippen molar-refractivity contribution in [3.05, 3.63) is 164 Å². The molecule has 1 aromatic heterocycles. The molecule has 0 radical (unpaired) electrons. The van der Waals surface area contributed by atoms with Crippen LogP contribution in [0.25, 0.3) is 82.1 Å². The van der Waals surface area contributed by atoms with E-state index in [-0.39, 0.29) is 0 Å². The van der Waals surface area contributed by atoms with Gasteiger partial charge in [0.1, 0.15) is 5.52 Å². The molecule has 8 aromatic carbocycles. The Kier molecular flexibility index (Phi) is 5.18. The molecule has 198 valence electrons. The molecule has 0 bridgehead atoms. The molecule has 0 spiro atoms. The van der Waals surface area contributed by atoms with Gasteiger partial charge >= 0.3 is 0 Å². The van der Waals surface area contributed by atoms with Crippen molar-refractivity contribution >= 4 is 54.1 Å². The van der Waals surface area contributed by atoms with Crippen LogP contribution in [0.3, 0.4) is 0 Å². The predicted molar refractivity (Wildman–Crippen MR) is 182 cm³/mol. The van der Waals surface area contributed by atoms with E-state index in [4.69, 9.17) is 0 Å². The van der Waals surface area contributed by atoms with Gasteiger partial charge in [-0.15, -0.1) is 0 Å². The number of aromatic nitrogens is 1. The van der Waals surface area contributed by atoms with E-state index in [9.17, 15) is 0 Å². The van der Waals surface area contributed by atoms with Gasteiger partial charge in [-0.2, -0.15) is 0 Å². The highest BCUT2D eigenvalue weighted by Crippen LogP contribution is 2.46. The lowest BCUT2D eigenvalue weighted by atomic mass is 9.88. The summed E-state index contributed by atoms with van der Waals surface area (Å²) in [4.78, 5) is 0. The number of fused-ring (bicyclic) bond motifs is 10. The summed E-state index contributed by atoms with van der Waals surface area (Å²) >= 11 is 0. The summed E-state index contributed by atoms with van der Waals surface area (Å²) in [6.07, 6.45) is 0. The Morgan fingerprint density at radius 2 is 1.02 bits per heavy atom. The first-order valence-corrected chi connectivity index (χ1v) is 14.7. The fourth-order valence-electron chi connectivity index (χ4n) is 6.95. The molecule has 0 amide bonds. The van der Waals surface area contributed by atoms with E-state index in [0.29, 0.717) is 0 Å². The molecule has 0 aliphatic rings. The normalized spacial score (nSPS) is 11.5. The van der Waals surface area contributed by atoms with E-state index in [1.54, 1.807) is 0 Å². The van der Waals surface area contributed by atoms with E-state index in [2.05, 4.69) is 162 Å². The van der Waals surface area contributed by atoms with E-state index in [0.717, 1.165) is 11.2 Å². The van der Waals surface area contributed by atoms with E-state index in [1.807, 2.05) is 6.07 Å². The third kappa shape index (κ3) is 3.54. The number of hydrogen-bond donors (Lipinski definition) is 0. The van der Waals surface area contributed by atoms with Crippen LogP contribution >= 0.6 is 0 Å². The first kappa shape index (κ1) is 23.8. The molecule has 0 saturated carbocycles. The van der Waals surface area contributed by atoms with Gasteiger partial charge in [-0.1, -0.05) is 127 Å². The maximum absolute atomic E-state index is 3.51. The topological polar surface area (TPSA) is 4.93 Å². The molecule has 43 heavy (non-hydrogen) atoms. The maximum atomic E-state index is 3.51. The van der Waals surface area contributed by atoms with Crippen LogP contribution < -0.4 is 0 Å². The molecule has 1 nitrogen and oxygen atoms in total. The molecule has 0 saturated heterocycles. The Bertz CT molecular complexity index is 2470. The zero-order chi connectivity index (χ0) is 28.3. The van der Waals surface area contributed by atoms with Gasteiger partial charge in [0.25, 0.3) is 0 Å². The fraction of sp³-hybridized carbons (Fsp3) is 0. The highest BCUT2D eigenvalue weighted by atomic mass is 15.0. The van der Waals surface area contributed by atoms with Gasteiger partial charge in [0.15, 0.2) is 0 Å². The zero-order valence-electron chi connectivity index (χ0n) is 23.4. The Balaban J connectivity index is 1.46. The molecule has 0 aliphatic heterocycles. The van der Waals surface area contributed by atoms with Crippen molar-refractivity contribution in [3.8, 4) is 27.9 Å². The molecule has 0 aliphatic carbocycles. The molecular formula is C42H25N. The summed E-state index contributed by atoms with van der Waals surface area (Å²) in [6.45, 7) is 0. The minimum absolute atomic E-state index is 1.04. The zero-order valence-corrected chi connectivity index (χ0v) is 23.4. The van der Waals surface area contributed by atoms with Crippen molar-refractivity contribution in [2.45, 2.75) is 0 Å². The van der Waals surface area contributed by atoms with E-state index in [1.165, 1.54) is 70.9 Å². The van der Waals surface area contributed by atoms with Gasteiger partial charge < -0.3 is 4.57 Å². The Hall–Kier alpha value is -5.84. The van der Waals surface area contributed by atoms with Crippen molar-refractivity contribution in [3.63, 3.8) is 0 Å². The second kappa shape index (κ2) is 9.35. The lowest BCUT2D eigenvalue weighted by molar-refractivity contribution is 1.19. The summed E-state index contributed by atoms with van der Waals surface area (Å²) in [6, 6.07) is 61.3. The minimum atomic E-state index is 1.04. The van der Waals surface area contributed by atoms with Gasteiger partial charge in [-0.3, -0.25) is 0 Å². The highest BCUT2D eigenvalue weighted by Gasteiger charge is 2.21. The van der Waals surface area contributed by atoms with E-state index >= 15 is 0 Å². The maximum Gasteiger partial charge on any atom is 0.105 e. The summed E-state index contributed by atoms with van der Waals surface area (Å²) in [5.41, 5.74) is 8.27. The van der Waals surface area contributed by atoms with Gasteiger partial charge in [-0.05, 0) is 80.2 Å². The average Bonchev–Trinajstić information content (AvgIpc) is 3.44. The Morgan fingerprint density at radius 3 is 1.77 bits per heavy atom. The monoisotopic (exact) mass is 543 g/mol. The lowest BCUT2D eigenvalue weighted by Crippen LogP contribution is -1.95. The van der Waals surface area contributed by atoms with Gasteiger partial charge in [-0.25, -0.2) is 0 Å². The van der Waals surface area contributed by atoms with Crippen LogP contribution in [-0.4, -0.2) is 4.57 Å². The van der Waals surface area contributed by atoms with Crippen molar-refractivity contribution in [1.82, 2.24) is 4.57 Å². The molecule has 0 fully saturated rings. The third-order valence-electron chi connectivity index (χ3n) is 8.82. The van der Waals surface area contributed by atoms with Crippen LogP contribution in [0.1, 0.15) is 0 Å². The third-order valence-corrected chi connectivity index (χ3v) is 8.82. The summed E-state index contributed by atoms with van der Waals surface area (Å²) < 4.78 is 2.39. The van der Waals surface area contributed by atoms with Crippen molar-refractivity contribution in [2.24, 2.45) is 0 Å². The van der Waals surface area contributed by atoms with Crippen LogP contribution in [0.5, 0.6) is 0 Å². The molecule has 9 aromatic rings. The van der Waals surface area contributed by atoms with Crippen LogP contribution in [0.15, 0.2) is 152 Å². The number of nitrogens with zero attached hydrogens (tertiary/aromatic N) is 1. The van der Waals surface area contributed by atoms with Crippen molar-refractivity contribution < 1.29 is 0 Å². The average molecular weight is 544 g/mol. The van der Waals surface area contributed by atoms with Gasteiger partial charge in [0, 0.05) is 27.2 Å². The second-order valence-electron chi connectivity index (χ2n) is 11.1. The van der Waals surface area contributed by atoms with Crippen molar-refractivity contribution in [2.75, 3.05) is 0 Å². The first-order chi connectivity index (χ1) is 21.4. The minimum Gasteiger partial charge on any atom is -0.301 e. The quantitative estimate of drug-likeness (QED) is 0.195. The van der Waals surface area contributed by atoms with Crippen LogP contribution in [0, 0.1) is 12.1 Å². The second-order valence-corrected chi connectivity index (χ2v) is 11.1. The molecule has 0 atom stereocenters. The Labute approximate surface area is 249 Å². The summed E-state index contributed by atoms with van der Waals surface area (Å²) in [5, 5.41) is 10.0. The largest absolute Gasteiger partial charge is 0.301 e. The number of benzene rings is 7. The molecule has 1 heterocycles. The predicted octanol–water partition coefficient (Wildman–Crippen LogP) is 11.2. The number of hydrogen-bond acceptors (Lipinski definition) is 0. The van der Waals surface area contributed by atoms with Crippen LogP contribution in [0.4, 0.5) is 0 Å². The molecule has 1 heteroatoms. The van der Waals surface area contributed by atoms with Crippen LogP contribution in [-0.2, 0) is 0 Å². The SMILES string of the molecule is c1ccc2c3c4c5ccccc5c(-c5ccccc5)cc4c4ccccc4c3n(-c3ccc(-c4ccccc4)cc3)c2c#1. The summed E-state index contributed by atoms with van der Waals surface area (Å²) in [7, 11) is 0. The highest BCUT2D eigenvalue weighted by molar-refractivity contribution is 6.37. The van der Waals surface area contributed by atoms with Crippen LogP contribution in [0.2, 0.25) is 0 Å². The fourth-order valence-corrected chi connectivity index (χ4v) is 6.95. The molecule has 9 rings (SSSR count). The van der Waals surface area contributed by atoms with Crippen molar-refractivity contribution in [1.29, 1.82) is 0 Å². The smallest absolute Gasteiger partial charge is 0.105 e.